The average molecular weight is 303 g/mol. The minimum absolute atomic E-state index is 0.00209. The van der Waals surface area contributed by atoms with Crippen LogP contribution in [0.15, 0.2) is 30.7 Å². The van der Waals surface area contributed by atoms with E-state index < -0.39 is 29.6 Å². The molecule has 0 unspecified atom stereocenters. The minimum atomic E-state index is -1.39. The second kappa shape index (κ2) is 5.06. The van der Waals surface area contributed by atoms with Gasteiger partial charge in [-0.1, -0.05) is 0 Å². The summed E-state index contributed by atoms with van der Waals surface area (Å²) >= 11 is 0. The SMILES string of the molecule is O=C(O)[C@@H](Cc1cnc[nH]1)N1C(=O)c2ccc(F)cc2C1=O. The normalized spacial score (nSPS) is 15.0. The zero-order valence-electron chi connectivity index (χ0n) is 11.1. The number of carbonyl (C=O) groups excluding carboxylic acids is 2. The van der Waals surface area contributed by atoms with Crippen LogP contribution >= 0.6 is 0 Å². The molecule has 0 bridgehead atoms. The quantitative estimate of drug-likeness (QED) is 0.815. The molecule has 2 N–H and O–H groups in total. The van der Waals surface area contributed by atoms with Crippen LogP contribution in [0.1, 0.15) is 26.4 Å². The monoisotopic (exact) mass is 303 g/mol. The van der Waals surface area contributed by atoms with Gasteiger partial charge in [-0.15, -0.1) is 0 Å². The van der Waals surface area contributed by atoms with Crippen LogP contribution in [0.25, 0.3) is 0 Å². The van der Waals surface area contributed by atoms with Gasteiger partial charge in [0.25, 0.3) is 11.8 Å². The van der Waals surface area contributed by atoms with Crippen molar-refractivity contribution >= 4 is 17.8 Å². The van der Waals surface area contributed by atoms with Crippen LogP contribution in [0.3, 0.4) is 0 Å². The molecule has 8 heteroatoms. The number of carbonyl (C=O) groups is 3. The number of nitrogens with zero attached hydrogens (tertiary/aromatic N) is 2. The maximum absolute atomic E-state index is 13.2. The van der Waals surface area contributed by atoms with Crippen molar-refractivity contribution < 1.29 is 23.9 Å². The van der Waals surface area contributed by atoms with Crippen molar-refractivity contribution in [3.8, 4) is 0 Å². The topological polar surface area (TPSA) is 103 Å². The van der Waals surface area contributed by atoms with E-state index in [0.29, 0.717) is 10.6 Å². The number of nitrogens with one attached hydrogen (secondary N) is 1. The summed E-state index contributed by atoms with van der Waals surface area (Å²) in [5.74, 6) is -3.55. The molecule has 22 heavy (non-hydrogen) atoms. The molecule has 2 aromatic rings. The zero-order chi connectivity index (χ0) is 15.9. The summed E-state index contributed by atoms with van der Waals surface area (Å²) in [5, 5.41) is 9.35. The summed E-state index contributed by atoms with van der Waals surface area (Å²) in [5.41, 5.74) is 0.346. The Hall–Kier alpha value is -3.03. The fourth-order valence-electron chi connectivity index (χ4n) is 2.41. The Kier molecular flexibility index (Phi) is 3.21. The number of imidazole rings is 1. The molecule has 1 aromatic carbocycles. The van der Waals surface area contributed by atoms with Crippen LogP contribution in [-0.4, -0.2) is 43.8 Å². The van der Waals surface area contributed by atoms with Crippen molar-refractivity contribution in [2.75, 3.05) is 0 Å². The van der Waals surface area contributed by atoms with Crippen molar-refractivity contribution in [3.63, 3.8) is 0 Å². The van der Waals surface area contributed by atoms with Crippen LogP contribution in [-0.2, 0) is 11.2 Å². The molecule has 2 heterocycles. The molecule has 3 rings (SSSR count). The lowest BCUT2D eigenvalue weighted by atomic mass is 10.1. The summed E-state index contributed by atoms with van der Waals surface area (Å²) in [6, 6.07) is 1.78. The van der Waals surface area contributed by atoms with E-state index >= 15 is 0 Å². The molecule has 0 saturated heterocycles. The third-order valence-corrected chi connectivity index (χ3v) is 3.44. The summed E-state index contributed by atoms with van der Waals surface area (Å²) < 4.78 is 13.2. The Labute approximate surface area is 123 Å². The first kappa shape index (κ1) is 13.9. The van der Waals surface area contributed by atoms with Gasteiger partial charge in [-0.3, -0.25) is 14.5 Å². The highest BCUT2D eigenvalue weighted by Gasteiger charge is 2.43. The Morgan fingerprint density at radius 1 is 1.32 bits per heavy atom. The van der Waals surface area contributed by atoms with Crippen LogP contribution in [0.2, 0.25) is 0 Å². The lowest BCUT2D eigenvalue weighted by molar-refractivity contribution is -0.141. The number of hydrogen-bond acceptors (Lipinski definition) is 4. The van der Waals surface area contributed by atoms with Crippen molar-refractivity contribution in [2.45, 2.75) is 12.5 Å². The molecule has 1 aromatic heterocycles. The van der Waals surface area contributed by atoms with E-state index in [1.165, 1.54) is 18.6 Å². The fraction of sp³-hybridized carbons (Fsp3) is 0.143. The fourth-order valence-corrected chi connectivity index (χ4v) is 2.41. The van der Waals surface area contributed by atoms with Gasteiger partial charge in [0.05, 0.1) is 17.5 Å². The highest BCUT2D eigenvalue weighted by atomic mass is 19.1. The van der Waals surface area contributed by atoms with E-state index in [2.05, 4.69) is 9.97 Å². The van der Waals surface area contributed by atoms with Gasteiger partial charge in [0, 0.05) is 18.3 Å². The molecule has 0 aliphatic carbocycles. The number of carboxylic acids is 1. The number of aromatic amines is 1. The number of halogens is 1. The number of H-pyrrole nitrogens is 1. The van der Waals surface area contributed by atoms with Crippen molar-refractivity contribution in [1.29, 1.82) is 0 Å². The molecule has 1 atom stereocenters. The summed E-state index contributed by atoms with van der Waals surface area (Å²) in [4.78, 5) is 43.2. The molecule has 112 valence electrons. The van der Waals surface area contributed by atoms with Crippen molar-refractivity contribution in [1.82, 2.24) is 14.9 Å². The standard InChI is InChI=1S/C14H10FN3O4/c15-7-1-2-9-10(3-7)13(20)18(12(9)19)11(14(21)22)4-8-5-16-6-17-8/h1-3,5-6,11H,4H2,(H,16,17)(H,21,22)/t11-/m1/s1. The lowest BCUT2D eigenvalue weighted by Crippen LogP contribution is -2.46. The molecule has 2 amide bonds. The van der Waals surface area contributed by atoms with Gasteiger partial charge in [0.1, 0.15) is 11.9 Å². The first-order chi connectivity index (χ1) is 10.5. The van der Waals surface area contributed by atoms with Crippen LogP contribution in [0, 0.1) is 5.82 Å². The van der Waals surface area contributed by atoms with Crippen LogP contribution in [0.5, 0.6) is 0 Å². The molecule has 0 fully saturated rings. The van der Waals surface area contributed by atoms with E-state index in [1.54, 1.807) is 0 Å². The number of amides is 2. The summed E-state index contributed by atoms with van der Waals surface area (Å²) in [6.45, 7) is 0. The second-order valence-corrected chi connectivity index (χ2v) is 4.81. The number of aliphatic carboxylic acids is 1. The average Bonchev–Trinajstić information content (AvgIpc) is 3.05. The van der Waals surface area contributed by atoms with Gasteiger partial charge in [0.2, 0.25) is 0 Å². The number of imide groups is 1. The number of rotatable bonds is 4. The first-order valence-corrected chi connectivity index (χ1v) is 6.36. The molecule has 1 aliphatic heterocycles. The van der Waals surface area contributed by atoms with Crippen LogP contribution in [0.4, 0.5) is 4.39 Å². The maximum Gasteiger partial charge on any atom is 0.327 e. The Bertz CT molecular complexity index is 772. The number of aromatic nitrogens is 2. The number of benzene rings is 1. The zero-order valence-corrected chi connectivity index (χ0v) is 11.1. The van der Waals surface area contributed by atoms with Crippen molar-refractivity contribution in [3.05, 3.63) is 53.4 Å². The van der Waals surface area contributed by atoms with E-state index in [1.807, 2.05) is 0 Å². The van der Waals surface area contributed by atoms with Gasteiger partial charge in [-0.2, -0.15) is 0 Å². The second-order valence-electron chi connectivity index (χ2n) is 4.81. The number of fused-ring (bicyclic) bond motifs is 1. The van der Waals surface area contributed by atoms with E-state index in [-0.39, 0.29) is 17.5 Å². The molecule has 1 aliphatic rings. The number of carboxylic acid groups (broad SMARTS) is 1. The molecule has 0 saturated carbocycles. The Morgan fingerprint density at radius 2 is 2.05 bits per heavy atom. The largest absolute Gasteiger partial charge is 0.480 e. The molecule has 7 nitrogen and oxygen atoms in total. The van der Waals surface area contributed by atoms with E-state index in [0.717, 1.165) is 12.1 Å². The maximum atomic E-state index is 13.2. The smallest absolute Gasteiger partial charge is 0.327 e. The first-order valence-electron chi connectivity index (χ1n) is 6.36. The number of hydrogen-bond donors (Lipinski definition) is 2. The summed E-state index contributed by atoms with van der Waals surface area (Å²) in [7, 11) is 0. The molecule has 0 radical (unpaired) electrons. The van der Waals surface area contributed by atoms with Gasteiger partial charge in [0.15, 0.2) is 0 Å². The van der Waals surface area contributed by atoms with Gasteiger partial charge < -0.3 is 10.1 Å². The van der Waals surface area contributed by atoms with Gasteiger partial charge in [-0.25, -0.2) is 14.2 Å². The molecular weight excluding hydrogens is 293 g/mol. The third-order valence-electron chi connectivity index (χ3n) is 3.44. The van der Waals surface area contributed by atoms with Crippen LogP contribution < -0.4 is 0 Å². The minimum Gasteiger partial charge on any atom is -0.480 e. The Balaban J connectivity index is 1.98. The van der Waals surface area contributed by atoms with E-state index in [4.69, 9.17) is 0 Å². The lowest BCUT2D eigenvalue weighted by Gasteiger charge is -2.21. The Morgan fingerprint density at radius 3 is 2.68 bits per heavy atom. The third kappa shape index (κ3) is 2.14. The molecular formula is C14H10FN3O4. The summed E-state index contributed by atoms with van der Waals surface area (Å²) in [6.07, 6.45) is 2.67. The predicted molar refractivity (Wildman–Crippen MR) is 70.6 cm³/mol. The van der Waals surface area contributed by atoms with Crippen molar-refractivity contribution in [2.24, 2.45) is 0 Å². The van der Waals surface area contributed by atoms with E-state index in [9.17, 15) is 23.9 Å². The highest BCUT2D eigenvalue weighted by molar-refractivity contribution is 6.22. The highest BCUT2D eigenvalue weighted by Crippen LogP contribution is 2.26. The predicted octanol–water partition coefficient (Wildman–Crippen LogP) is 0.841. The molecule has 0 spiro atoms. The van der Waals surface area contributed by atoms with Gasteiger partial charge in [-0.05, 0) is 18.2 Å². The van der Waals surface area contributed by atoms with Gasteiger partial charge >= 0.3 is 5.97 Å².